The molecule has 190 valence electrons. The first-order chi connectivity index (χ1) is 17.3. The number of nitrogens with one attached hydrogen (secondary N) is 1. The molecule has 0 bridgehead atoms. The van der Waals surface area contributed by atoms with Gasteiger partial charge in [-0.1, -0.05) is 102 Å². The molecule has 0 aliphatic rings. The van der Waals surface area contributed by atoms with Gasteiger partial charge in [0.25, 0.3) is 0 Å². The SMILES string of the molecule is Cc1cccc(CSCC(=O)N(Cc2cccc(Br)c2)C(Cc2ccccc2)C(=O)NCC(C)C)c1. The van der Waals surface area contributed by atoms with E-state index < -0.39 is 6.04 Å². The van der Waals surface area contributed by atoms with Crippen molar-refractivity contribution < 1.29 is 9.59 Å². The van der Waals surface area contributed by atoms with Crippen LogP contribution in [0.3, 0.4) is 0 Å². The summed E-state index contributed by atoms with van der Waals surface area (Å²) in [5.74, 6) is 1.24. The number of carbonyl (C=O) groups is 2. The molecule has 1 atom stereocenters. The Morgan fingerprint density at radius 1 is 0.917 bits per heavy atom. The Kier molecular flexibility index (Phi) is 11.1. The van der Waals surface area contributed by atoms with Gasteiger partial charge in [0.15, 0.2) is 0 Å². The number of aryl methyl sites for hydroxylation is 1. The van der Waals surface area contributed by atoms with Gasteiger partial charge in [-0.05, 0) is 41.7 Å². The second-order valence-corrected chi connectivity index (χ2v) is 11.4. The third-order valence-electron chi connectivity index (χ3n) is 5.77. The van der Waals surface area contributed by atoms with Crippen molar-refractivity contribution in [2.24, 2.45) is 5.92 Å². The molecule has 0 heterocycles. The Labute approximate surface area is 228 Å². The number of hydrogen-bond donors (Lipinski definition) is 1. The molecule has 1 N–H and O–H groups in total. The van der Waals surface area contributed by atoms with E-state index in [0.29, 0.717) is 31.2 Å². The Balaban J connectivity index is 1.84. The molecule has 3 aromatic carbocycles. The van der Waals surface area contributed by atoms with Crippen LogP contribution in [-0.2, 0) is 28.3 Å². The highest BCUT2D eigenvalue weighted by molar-refractivity contribution is 9.10. The number of benzene rings is 3. The molecule has 0 fully saturated rings. The minimum atomic E-state index is -0.600. The van der Waals surface area contributed by atoms with E-state index in [-0.39, 0.29) is 11.8 Å². The van der Waals surface area contributed by atoms with E-state index in [9.17, 15) is 9.59 Å². The summed E-state index contributed by atoms with van der Waals surface area (Å²) in [5, 5.41) is 3.07. The minimum absolute atomic E-state index is 0.0340. The number of hydrogen-bond acceptors (Lipinski definition) is 3. The summed E-state index contributed by atoms with van der Waals surface area (Å²) in [6.45, 7) is 7.15. The van der Waals surface area contributed by atoms with E-state index in [4.69, 9.17) is 0 Å². The molecule has 0 spiro atoms. The lowest BCUT2D eigenvalue weighted by Crippen LogP contribution is -2.51. The van der Waals surface area contributed by atoms with Crippen molar-refractivity contribution in [1.82, 2.24) is 10.2 Å². The molecule has 36 heavy (non-hydrogen) atoms. The quantitative estimate of drug-likeness (QED) is 0.276. The number of amides is 2. The summed E-state index contributed by atoms with van der Waals surface area (Å²) < 4.78 is 0.949. The topological polar surface area (TPSA) is 49.4 Å². The zero-order valence-electron chi connectivity index (χ0n) is 21.2. The molecule has 2 amide bonds. The molecule has 0 aromatic heterocycles. The molecular formula is C30H35BrN2O2S. The summed E-state index contributed by atoms with van der Waals surface area (Å²) in [5.41, 5.74) is 4.42. The van der Waals surface area contributed by atoms with E-state index >= 15 is 0 Å². The molecule has 0 saturated heterocycles. The van der Waals surface area contributed by atoms with Crippen molar-refractivity contribution in [1.29, 1.82) is 0 Å². The molecular weight excluding hydrogens is 532 g/mol. The van der Waals surface area contributed by atoms with Crippen LogP contribution in [0.5, 0.6) is 0 Å². The van der Waals surface area contributed by atoms with Crippen LogP contribution in [-0.4, -0.2) is 35.1 Å². The van der Waals surface area contributed by atoms with Crippen LogP contribution in [0.1, 0.15) is 36.1 Å². The van der Waals surface area contributed by atoms with Crippen LogP contribution in [0.25, 0.3) is 0 Å². The maximum atomic E-state index is 13.7. The average Bonchev–Trinajstić information content (AvgIpc) is 2.85. The first-order valence-electron chi connectivity index (χ1n) is 12.3. The van der Waals surface area contributed by atoms with E-state index in [2.05, 4.69) is 60.2 Å². The summed E-state index contributed by atoms with van der Waals surface area (Å²) in [6.07, 6.45) is 0.465. The average molecular weight is 568 g/mol. The molecule has 4 nitrogen and oxygen atoms in total. The van der Waals surface area contributed by atoms with Crippen molar-refractivity contribution in [3.8, 4) is 0 Å². The summed E-state index contributed by atoms with van der Waals surface area (Å²) >= 11 is 5.12. The second-order valence-electron chi connectivity index (χ2n) is 9.48. The van der Waals surface area contributed by atoms with E-state index in [0.717, 1.165) is 21.4 Å². The van der Waals surface area contributed by atoms with Gasteiger partial charge in [0.05, 0.1) is 5.75 Å². The van der Waals surface area contributed by atoms with Crippen molar-refractivity contribution in [2.75, 3.05) is 12.3 Å². The Morgan fingerprint density at radius 2 is 1.61 bits per heavy atom. The van der Waals surface area contributed by atoms with Gasteiger partial charge < -0.3 is 10.2 Å². The third-order valence-corrected chi connectivity index (χ3v) is 7.26. The molecule has 3 aromatic rings. The Bertz CT molecular complexity index is 1140. The smallest absolute Gasteiger partial charge is 0.243 e. The van der Waals surface area contributed by atoms with Gasteiger partial charge in [-0.3, -0.25) is 9.59 Å². The monoisotopic (exact) mass is 566 g/mol. The van der Waals surface area contributed by atoms with Gasteiger partial charge in [-0.15, -0.1) is 11.8 Å². The minimum Gasteiger partial charge on any atom is -0.354 e. The second kappa shape index (κ2) is 14.2. The number of carbonyl (C=O) groups excluding carboxylic acids is 2. The lowest BCUT2D eigenvalue weighted by molar-refractivity contribution is -0.139. The fourth-order valence-corrected chi connectivity index (χ4v) is 5.25. The maximum Gasteiger partial charge on any atom is 0.243 e. The van der Waals surface area contributed by atoms with Gasteiger partial charge in [0.1, 0.15) is 6.04 Å². The summed E-state index contributed by atoms with van der Waals surface area (Å²) in [4.78, 5) is 28.9. The van der Waals surface area contributed by atoms with Gasteiger partial charge in [-0.2, -0.15) is 0 Å². The fourth-order valence-electron chi connectivity index (χ4n) is 3.95. The first-order valence-corrected chi connectivity index (χ1v) is 14.3. The molecule has 0 aliphatic heterocycles. The van der Waals surface area contributed by atoms with Crippen LogP contribution >= 0.6 is 27.7 Å². The Hall–Kier alpha value is -2.57. The molecule has 3 rings (SSSR count). The van der Waals surface area contributed by atoms with E-state index in [1.54, 1.807) is 16.7 Å². The van der Waals surface area contributed by atoms with Crippen LogP contribution in [0, 0.1) is 12.8 Å². The number of halogens is 1. The number of thioether (sulfide) groups is 1. The normalized spacial score (nSPS) is 11.8. The first kappa shape index (κ1) is 28.0. The molecule has 0 aliphatic carbocycles. The molecule has 0 saturated carbocycles. The maximum absolute atomic E-state index is 13.7. The van der Waals surface area contributed by atoms with Gasteiger partial charge >= 0.3 is 0 Å². The lowest BCUT2D eigenvalue weighted by atomic mass is 10.0. The van der Waals surface area contributed by atoms with Crippen LogP contribution < -0.4 is 5.32 Å². The third kappa shape index (κ3) is 9.14. The number of rotatable bonds is 12. The van der Waals surface area contributed by atoms with Crippen LogP contribution in [0.2, 0.25) is 0 Å². The highest BCUT2D eigenvalue weighted by Crippen LogP contribution is 2.20. The Morgan fingerprint density at radius 3 is 2.31 bits per heavy atom. The standard InChI is InChI=1S/C30H35BrN2O2S/c1-22(2)18-32-30(35)28(17-24-10-5-4-6-11-24)33(19-25-12-8-14-27(31)16-25)29(34)21-36-20-26-13-7-9-23(3)15-26/h4-16,22,28H,17-21H2,1-3H3,(H,32,35). The predicted octanol–water partition coefficient (Wildman–Crippen LogP) is 6.40. The molecule has 1 unspecified atom stereocenters. The predicted molar refractivity (Wildman–Crippen MR) is 154 cm³/mol. The largest absolute Gasteiger partial charge is 0.354 e. The number of nitrogens with zero attached hydrogens (tertiary/aromatic N) is 1. The highest BCUT2D eigenvalue weighted by atomic mass is 79.9. The fraction of sp³-hybridized carbons (Fsp3) is 0.333. The molecule has 6 heteroatoms. The zero-order valence-corrected chi connectivity index (χ0v) is 23.6. The van der Waals surface area contributed by atoms with Crippen molar-refractivity contribution in [2.45, 2.75) is 45.5 Å². The van der Waals surface area contributed by atoms with Crippen LogP contribution in [0.15, 0.2) is 83.3 Å². The lowest BCUT2D eigenvalue weighted by Gasteiger charge is -2.32. The van der Waals surface area contributed by atoms with Gasteiger partial charge in [0.2, 0.25) is 11.8 Å². The van der Waals surface area contributed by atoms with Crippen LogP contribution in [0.4, 0.5) is 0 Å². The van der Waals surface area contributed by atoms with Gasteiger partial charge in [0, 0.05) is 29.7 Å². The zero-order chi connectivity index (χ0) is 25.9. The summed E-state index contributed by atoms with van der Waals surface area (Å²) in [6, 6.07) is 25.6. The van der Waals surface area contributed by atoms with Crippen molar-refractivity contribution in [3.63, 3.8) is 0 Å². The highest BCUT2D eigenvalue weighted by Gasteiger charge is 2.30. The van der Waals surface area contributed by atoms with E-state index in [1.807, 2.05) is 60.7 Å². The van der Waals surface area contributed by atoms with E-state index in [1.165, 1.54) is 11.1 Å². The summed E-state index contributed by atoms with van der Waals surface area (Å²) in [7, 11) is 0. The molecule has 0 radical (unpaired) electrons. The van der Waals surface area contributed by atoms with Gasteiger partial charge in [-0.25, -0.2) is 0 Å². The van der Waals surface area contributed by atoms with Crippen molar-refractivity contribution in [3.05, 3.63) is 106 Å². The van der Waals surface area contributed by atoms with Crippen molar-refractivity contribution >= 4 is 39.5 Å².